The van der Waals surface area contributed by atoms with Crippen LogP contribution in [0.25, 0.3) is 0 Å². The van der Waals surface area contributed by atoms with Crippen LogP contribution in [0.4, 0.5) is 10.1 Å². The lowest BCUT2D eigenvalue weighted by molar-refractivity contribution is -0.140. The van der Waals surface area contributed by atoms with Gasteiger partial charge in [-0.05, 0) is 61.9 Å². The number of carbonyl (C=O) groups is 2. The van der Waals surface area contributed by atoms with E-state index in [-0.39, 0.29) is 40.9 Å². The number of benzene rings is 4. The fourth-order valence-corrected chi connectivity index (χ4v) is 6.54. The molecule has 0 bridgehead atoms. The van der Waals surface area contributed by atoms with Gasteiger partial charge in [-0.15, -0.1) is 0 Å². The van der Waals surface area contributed by atoms with Gasteiger partial charge >= 0.3 is 0 Å². The molecule has 0 heterocycles. The molecular formula is C35H37ClFN3O6S. The van der Waals surface area contributed by atoms with E-state index in [0.29, 0.717) is 10.8 Å². The number of sulfonamides is 1. The van der Waals surface area contributed by atoms with Crippen molar-refractivity contribution >= 4 is 39.1 Å². The number of hydrogen-bond donors (Lipinski definition) is 1. The predicted molar refractivity (Wildman–Crippen MR) is 180 cm³/mol. The Morgan fingerprint density at radius 3 is 2.13 bits per heavy atom. The van der Waals surface area contributed by atoms with Crippen molar-refractivity contribution in [3.05, 3.63) is 119 Å². The SMILES string of the molecule is COc1ccc(S(=O)(=O)N(CC(=O)N(Cc2ccccc2F)[C@H](Cc2ccccc2)C(=O)NC(C)C)c2ccc(Cl)cc2)cc1OC. The lowest BCUT2D eigenvalue weighted by atomic mass is 10.0. The van der Waals surface area contributed by atoms with Crippen molar-refractivity contribution < 1.29 is 31.9 Å². The summed E-state index contributed by atoms with van der Waals surface area (Å²) in [5, 5.41) is 3.23. The number of amides is 2. The highest BCUT2D eigenvalue weighted by molar-refractivity contribution is 7.92. The zero-order chi connectivity index (χ0) is 34.1. The van der Waals surface area contributed by atoms with Gasteiger partial charge in [0.2, 0.25) is 11.8 Å². The highest BCUT2D eigenvalue weighted by Crippen LogP contribution is 2.33. The average molecular weight is 682 g/mol. The van der Waals surface area contributed by atoms with Gasteiger partial charge in [0, 0.05) is 35.7 Å². The Morgan fingerprint density at radius 2 is 1.51 bits per heavy atom. The topological polar surface area (TPSA) is 105 Å². The maximum Gasteiger partial charge on any atom is 0.264 e. The summed E-state index contributed by atoms with van der Waals surface area (Å²) >= 11 is 6.12. The molecule has 1 N–H and O–H groups in total. The molecule has 0 unspecified atom stereocenters. The van der Waals surface area contributed by atoms with E-state index in [0.717, 1.165) is 9.87 Å². The van der Waals surface area contributed by atoms with Crippen molar-refractivity contribution in [3.8, 4) is 11.5 Å². The van der Waals surface area contributed by atoms with Gasteiger partial charge in [0.25, 0.3) is 10.0 Å². The Hall–Kier alpha value is -4.61. The van der Waals surface area contributed by atoms with E-state index in [2.05, 4.69) is 5.32 Å². The second-order valence-electron chi connectivity index (χ2n) is 11.0. The van der Waals surface area contributed by atoms with Crippen molar-refractivity contribution in [2.24, 2.45) is 0 Å². The molecule has 0 fully saturated rings. The van der Waals surface area contributed by atoms with Gasteiger partial charge in [-0.3, -0.25) is 13.9 Å². The summed E-state index contributed by atoms with van der Waals surface area (Å²) in [6.45, 7) is 2.57. The minimum Gasteiger partial charge on any atom is -0.493 e. The summed E-state index contributed by atoms with van der Waals surface area (Å²) in [5.74, 6) is -1.27. The number of rotatable bonds is 14. The number of carbonyl (C=O) groups excluding carboxylic acids is 2. The first-order valence-corrected chi connectivity index (χ1v) is 16.6. The van der Waals surface area contributed by atoms with Crippen molar-refractivity contribution in [3.63, 3.8) is 0 Å². The van der Waals surface area contributed by atoms with Crippen LogP contribution in [-0.2, 0) is 32.6 Å². The molecule has 4 aromatic carbocycles. The van der Waals surface area contributed by atoms with Crippen LogP contribution in [0.2, 0.25) is 5.02 Å². The van der Waals surface area contributed by atoms with E-state index in [9.17, 15) is 18.0 Å². The number of methoxy groups -OCH3 is 2. The number of halogens is 2. The van der Waals surface area contributed by atoms with Crippen LogP contribution in [0, 0.1) is 5.82 Å². The molecule has 47 heavy (non-hydrogen) atoms. The normalized spacial score (nSPS) is 11.9. The molecule has 0 aliphatic carbocycles. The fraction of sp³-hybridized carbons (Fsp3) is 0.257. The molecule has 4 rings (SSSR count). The first-order chi connectivity index (χ1) is 22.4. The quantitative estimate of drug-likeness (QED) is 0.179. The molecule has 12 heteroatoms. The van der Waals surface area contributed by atoms with Gasteiger partial charge in [0.05, 0.1) is 24.8 Å². The lowest BCUT2D eigenvalue weighted by Gasteiger charge is -2.34. The predicted octanol–water partition coefficient (Wildman–Crippen LogP) is 5.86. The van der Waals surface area contributed by atoms with Gasteiger partial charge in [-0.25, -0.2) is 12.8 Å². The maximum atomic E-state index is 15.0. The third-order valence-corrected chi connectivity index (χ3v) is 9.36. The Labute approximate surface area is 279 Å². The first kappa shape index (κ1) is 35.2. The standard InChI is InChI=1S/C35H37ClFN3O6S/c1-24(2)38-35(42)31(20-25-10-6-5-7-11-25)39(22-26-12-8-9-13-30(26)37)34(41)23-40(28-16-14-27(36)15-17-28)47(43,44)29-18-19-32(45-3)33(21-29)46-4/h5-19,21,24,31H,20,22-23H2,1-4H3,(H,38,42)/t31-/m1/s1. The molecular weight excluding hydrogens is 645 g/mol. The average Bonchev–Trinajstić information content (AvgIpc) is 3.06. The summed E-state index contributed by atoms with van der Waals surface area (Å²) < 4.78 is 55.1. The van der Waals surface area contributed by atoms with E-state index in [1.807, 2.05) is 30.3 Å². The van der Waals surface area contributed by atoms with E-state index < -0.39 is 40.2 Å². The van der Waals surface area contributed by atoms with E-state index in [1.165, 1.54) is 79.8 Å². The minimum atomic E-state index is -4.43. The molecule has 0 aromatic heterocycles. The van der Waals surface area contributed by atoms with Crippen molar-refractivity contribution in [1.82, 2.24) is 10.2 Å². The van der Waals surface area contributed by atoms with Crippen LogP contribution < -0.4 is 19.1 Å². The number of anilines is 1. The fourth-order valence-electron chi connectivity index (χ4n) is 4.99. The van der Waals surface area contributed by atoms with E-state index in [4.69, 9.17) is 21.1 Å². The van der Waals surface area contributed by atoms with Crippen molar-refractivity contribution in [2.75, 3.05) is 25.1 Å². The molecule has 0 aliphatic heterocycles. The zero-order valence-electron chi connectivity index (χ0n) is 26.5. The first-order valence-electron chi connectivity index (χ1n) is 14.8. The number of nitrogens with zero attached hydrogens (tertiary/aromatic N) is 2. The third-order valence-electron chi connectivity index (χ3n) is 7.34. The smallest absolute Gasteiger partial charge is 0.264 e. The third kappa shape index (κ3) is 8.81. The summed E-state index contributed by atoms with van der Waals surface area (Å²) in [7, 11) is -1.62. The molecule has 0 saturated carbocycles. The van der Waals surface area contributed by atoms with Crippen molar-refractivity contribution in [1.29, 1.82) is 0 Å². The van der Waals surface area contributed by atoms with E-state index in [1.54, 1.807) is 19.9 Å². The van der Waals surface area contributed by atoms with Gasteiger partial charge in [0.1, 0.15) is 18.4 Å². The molecule has 1 atom stereocenters. The summed E-state index contributed by atoms with van der Waals surface area (Å²) in [5.41, 5.74) is 1.07. The Morgan fingerprint density at radius 1 is 0.872 bits per heavy atom. The van der Waals surface area contributed by atoms with Gasteiger partial charge < -0.3 is 19.7 Å². The van der Waals surface area contributed by atoms with Crippen LogP contribution in [0.3, 0.4) is 0 Å². The number of nitrogens with one attached hydrogen (secondary N) is 1. The molecule has 0 saturated heterocycles. The van der Waals surface area contributed by atoms with Crippen molar-refractivity contribution in [2.45, 2.75) is 43.8 Å². The van der Waals surface area contributed by atoms with Gasteiger partial charge in [-0.2, -0.15) is 0 Å². The zero-order valence-corrected chi connectivity index (χ0v) is 28.1. The molecule has 2 amide bonds. The summed E-state index contributed by atoms with van der Waals surface area (Å²) in [6.07, 6.45) is 0.100. The molecule has 4 aromatic rings. The van der Waals surface area contributed by atoms with E-state index >= 15 is 4.39 Å². The van der Waals surface area contributed by atoms with Gasteiger partial charge in [-0.1, -0.05) is 60.1 Å². The maximum absolute atomic E-state index is 15.0. The molecule has 248 valence electrons. The van der Waals surface area contributed by atoms with Crippen LogP contribution in [-0.4, -0.2) is 58.0 Å². The Bertz CT molecular complexity index is 1790. The Kier molecular flexibility index (Phi) is 11.8. The van der Waals surface area contributed by atoms with Crippen LogP contribution in [0.5, 0.6) is 11.5 Å². The number of ether oxygens (including phenoxy) is 2. The monoisotopic (exact) mass is 681 g/mol. The lowest BCUT2D eigenvalue weighted by Crippen LogP contribution is -2.54. The largest absolute Gasteiger partial charge is 0.493 e. The van der Waals surface area contributed by atoms with Crippen LogP contribution in [0.1, 0.15) is 25.0 Å². The molecule has 0 radical (unpaired) electrons. The highest BCUT2D eigenvalue weighted by atomic mass is 35.5. The number of hydrogen-bond acceptors (Lipinski definition) is 6. The highest BCUT2D eigenvalue weighted by Gasteiger charge is 2.35. The second kappa shape index (κ2) is 15.8. The van der Waals surface area contributed by atoms with Crippen LogP contribution in [0.15, 0.2) is 102 Å². The Balaban J connectivity index is 1.83. The molecule has 0 aliphatic rings. The molecule has 0 spiro atoms. The second-order valence-corrected chi connectivity index (χ2v) is 13.3. The minimum absolute atomic E-state index is 0.100. The molecule has 9 nitrogen and oxygen atoms in total. The summed E-state index contributed by atoms with van der Waals surface area (Å²) in [6, 6.07) is 23.7. The van der Waals surface area contributed by atoms with Crippen LogP contribution >= 0.6 is 11.6 Å². The summed E-state index contributed by atoms with van der Waals surface area (Å²) in [4.78, 5) is 29.3. The van der Waals surface area contributed by atoms with Gasteiger partial charge in [0.15, 0.2) is 11.5 Å².